The molecule has 2 aromatic heterocycles. The van der Waals surface area contributed by atoms with Gasteiger partial charge in [-0.05, 0) is 19.4 Å². The third-order valence-corrected chi connectivity index (χ3v) is 2.97. The lowest BCUT2D eigenvalue weighted by Crippen LogP contribution is -2.12. The monoisotopic (exact) mass is 264 g/mol. The Morgan fingerprint density at radius 3 is 2.89 bits per heavy atom. The van der Waals surface area contributed by atoms with E-state index in [9.17, 15) is 0 Å². The molecule has 0 aliphatic rings. The Bertz CT molecular complexity index is 543. The number of rotatable bonds is 5. The van der Waals surface area contributed by atoms with Crippen LogP contribution >= 0.6 is 12.2 Å². The van der Waals surface area contributed by atoms with Crippen LogP contribution in [-0.4, -0.2) is 29.5 Å². The first-order valence-electron chi connectivity index (χ1n) is 5.83. The van der Waals surface area contributed by atoms with Crippen molar-refractivity contribution in [1.29, 1.82) is 0 Å². The Kier molecular flexibility index (Phi) is 3.71. The second-order valence-corrected chi connectivity index (χ2v) is 4.61. The Morgan fingerprint density at radius 2 is 2.28 bits per heavy atom. The van der Waals surface area contributed by atoms with Crippen LogP contribution in [-0.2, 0) is 6.54 Å². The van der Waals surface area contributed by atoms with Crippen LogP contribution in [0.1, 0.15) is 37.8 Å². The summed E-state index contributed by atoms with van der Waals surface area (Å²) in [5.74, 6) is 0.395. The molecule has 0 aromatic carbocycles. The van der Waals surface area contributed by atoms with Gasteiger partial charge in [-0.2, -0.15) is 5.10 Å². The van der Waals surface area contributed by atoms with E-state index in [0.29, 0.717) is 18.4 Å². The van der Waals surface area contributed by atoms with Gasteiger partial charge in [-0.25, -0.2) is 9.67 Å². The molecule has 96 valence electrons. The minimum absolute atomic E-state index is 0.207. The third kappa shape index (κ3) is 2.73. The average molecular weight is 264 g/mol. The Balaban J connectivity index is 2.08. The normalized spacial score (nSPS) is 12.6. The molecule has 6 nitrogen and oxygen atoms in total. The van der Waals surface area contributed by atoms with Crippen molar-refractivity contribution in [3.63, 3.8) is 0 Å². The van der Waals surface area contributed by atoms with Crippen molar-refractivity contribution in [2.75, 3.05) is 0 Å². The fourth-order valence-electron chi connectivity index (χ4n) is 1.54. The largest absolute Gasteiger partial charge is 0.387 e. The average Bonchev–Trinajstić information content (AvgIpc) is 2.98. The van der Waals surface area contributed by atoms with Crippen molar-refractivity contribution in [2.24, 2.45) is 5.73 Å². The van der Waals surface area contributed by atoms with Gasteiger partial charge in [0.05, 0.1) is 12.2 Å². The molecule has 1 atom stereocenters. The summed E-state index contributed by atoms with van der Waals surface area (Å²) in [5.41, 5.74) is 6.40. The number of nitrogens with zero attached hydrogens (tertiary/aromatic N) is 5. The number of hydrogen-bond acceptors (Lipinski definition) is 4. The Hall–Kier alpha value is -1.76. The first-order chi connectivity index (χ1) is 8.60. The van der Waals surface area contributed by atoms with Crippen LogP contribution in [0.5, 0.6) is 0 Å². The van der Waals surface area contributed by atoms with E-state index < -0.39 is 0 Å². The van der Waals surface area contributed by atoms with Crippen molar-refractivity contribution >= 4 is 17.2 Å². The molecule has 0 fully saturated rings. The fourth-order valence-corrected chi connectivity index (χ4v) is 1.64. The van der Waals surface area contributed by atoms with E-state index in [1.54, 1.807) is 11.0 Å². The summed E-state index contributed by atoms with van der Waals surface area (Å²) < 4.78 is 3.64. The molecule has 0 aliphatic carbocycles. The summed E-state index contributed by atoms with van der Waals surface area (Å²) in [7, 11) is 0. The predicted octanol–water partition coefficient (Wildman–Crippen LogP) is 1.13. The first kappa shape index (κ1) is 12.7. The molecule has 18 heavy (non-hydrogen) atoms. The van der Waals surface area contributed by atoms with E-state index in [4.69, 9.17) is 18.0 Å². The summed E-state index contributed by atoms with van der Waals surface area (Å²) in [4.78, 5) is 4.23. The summed E-state index contributed by atoms with van der Waals surface area (Å²) in [6.07, 6.45) is 4.64. The highest BCUT2D eigenvalue weighted by Crippen LogP contribution is 2.09. The summed E-state index contributed by atoms with van der Waals surface area (Å²) in [6.45, 7) is 4.84. The zero-order chi connectivity index (χ0) is 13.1. The van der Waals surface area contributed by atoms with Crippen molar-refractivity contribution in [3.8, 4) is 0 Å². The molecule has 2 rings (SSSR count). The molecule has 0 amide bonds. The third-order valence-electron chi connectivity index (χ3n) is 2.79. The molecule has 0 spiro atoms. The molecule has 0 bridgehead atoms. The second kappa shape index (κ2) is 5.26. The number of nitrogens with two attached hydrogens (primary N) is 1. The SMILES string of the molecule is CCC(C)n1ccc(Cn2cnc(C(N)=S)n2)n1. The highest BCUT2D eigenvalue weighted by Gasteiger charge is 2.07. The lowest BCUT2D eigenvalue weighted by molar-refractivity contribution is 0.471. The molecule has 1 unspecified atom stereocenters. The van der Waals surface area contributed by atoms with Gasteiger partial charge < -0.3 is 5.73 Å². The fraction of sp³-hybridized carbons (Fsp3) is 0.455. The molecule has 7 heteroatoms. The molecule has 2 N–H and O–H groups in total. The van der Waals surface area contributed by atoms with Gasteiger partial charge in [-0.3, -0.25) is 4.68 Å². The smallest absolute Gasteiger partial charge is 0.208 e. The molecule has 2 heterocycles. The predicted molar refractivity (Wildman–Crippen MR) is 72.2 cm³/mol. The van der Waals surface area contributed by atoms with Gasteiger partial charge in [-0.1, -0.05) is 19.1 Å². The van der Waals surface area contributed by atoms with Crippen LogP contribution < -0.4 is 5.73 Å². The quantitative estimate of drug-likeness (QED) is 0.819. The van der Waals surface area contributed by atoms with Gasteiger partial charge in [0.25, 0.3) is 0 Å². The molecule has 0 saturated carbocycles. The maximum atomic E-state index is 5.46. The van der Waals surface area contributed by atoms with E-state index >= 15 is 0 Å². The van der Waals surface area contributed by atoms with Gasteiger partial charge in [0, 0.05) is 12.2 Å². The summed E-state index contributed by atoms with van der Waals surface area (Å²) in [5, 5.41) is 8.66. The summed E-state index contributed by atoms with van der Waals surface area (Å²) in [6, 6.07) is 2.38. The van der Waals surface area contributed by atoms with E-state index in [-0.39, 0.29) is 4.99 Å². The lowest BCUT2D eigenvalue weighted by atomic mass is 10.3. The van der Waals surface area contributed by atoms with E-state index in [1.165, 1.54) is 0 Å². The highest BCUT2D eigenvalue weighted by atomic mass is 32.1. The standard InChI is InChI=1S/C11H16N6S/c1-3-8(2)17-5-4-9(14-17)6-16-7-13-11(15-16)10(12)18/h4-5,7-8H,3,6H2,1-2H3,(H2,12,18). The van der Waals surface area contributed by atoms with Gasteiger partial charge in [0.15, 0.2) is 0 Å². The first-order valence-corrected chi connectivity index (χ1v) is 6.24. The van der Waals surface area contributed by atoms with Crippen molar-refractivity contribution in [1.82, 2.24) is 24.5 Å². The Labute approximate surface area is 111 Å². The lowest BCUT2D eigenvalue weighted by Gasteiger charge is -2.07. The topological polar surface area (TPSA) is 74.5 Å². The summed E-state index contributed by atoms with van der Waals surface area (Å²) >= 11 is 4.81. The van der Waals surface area contributed by atoms with Gasteiger partial charge in [0.1, 0.15) is 11.3 Å². The van der Waals surface area contributed by atoms with Gasteiger partial charge in [0.2, 0.25) is 5.82 Å². The molecule has 2 aromatic rings. The van der Waals surface area contributed by atoms with E-state index in [2.05, 4.69) is 29.0 Å². The van der Waals surface area contributed by atoms with Crippen LogP contribution in [0.15, 0.2) is 18.6 Å². The van der Waals surface area contributed by atoms with Crippen molar-refractivity contribution in [3.05, 3.63) is 30.1 Å². The molecule has 0 saturated heterocycles. The van der Waals surface area contributed by atoms with Crippen LogP contribution in [0.4, 0.5) is 0 Å². The van der Waals surface area contributed by atoms with Crippen LogP contribution in [0, 0.1) is 0 Å². The molecular formula is C11H16N6S. The molecule has 0 radical (unpaired) electrons. The van der Waals surface area contributed by atoms with Gasteiger partial charge in [-0.15, -0.1) is 5.10 Å². The maximum absolute atomic E-state index is 5.46. The number of hydrogen-bond donors (Lipinski definition) is 1. The molecular weight excluding hydrogens is 248 g/mol. The minimum atomic E-state index is 0.207. The van der Waals surface area contributed by atoms with E-state index in [1.807, 2.05) is 16.9 Å². The maximum Gasteiger partial charge on any atom is 0.208 e. The van der Waals surface area contributed by atoms with Crippen molar-refractivity contribution < 1.29 is 0 Å². The van der Waals surface area contributed by atoms with Crippen LogP contribution in [0.25, 0.3) is 0 Å². The zero-order valence-corrected chi connectivity index (χ0v) is 11.3. The zero-order valence-electron chi connectivity index (χ0n) is 10.4. The number of thiocarbonyl (C=S) groups is 1. The second-order valence-electron chi connectivity index (χ2n) is 4.17. The Morgan fingerprint density at radius 1 is 1.50 bits per heavy atom. The molecule has 0 aliphatic heterocycles. The minimum Gasteiger partial charge on any atom is -0.387 e. The van der Waals surface area contributed by atoms with Crippen molar-refractivity contribution in [2.45, 2.75) is 32.9 Å². The van der Waals surface area contributed by atoms with Crippen LogP contribution in [0.2, 0.25) is 0 Å². The van der Waals surface area contributed by atoms with Gasteiger partial charge >= 0.3 is 0 Å². The van der Waals surface area contributed by atoms with E-state index in [0.717, 1.165) is 12.1 Å². The highest BCUT2D eigenvalue weighted by molar-refractivity contribution is 7.80. The number of aromatic nitrogens is 5. The van der Waals surface area contributed by atoms with Crippen LogP contribution in [0.3, 0.4) is 0 Å².